The number of aromatic nitrogens is 1. The molecule has 20 heavy (non-hydrogen) atoms. The third-order valence-electron chi connectivity index (χ3n) is 3.90. The topological polar surface area (TPSA) is 51.3 Å². The first-order chi connectivity index (χ1) is 9.64. The summed E-state index contributed by atoms with van der Waals surface area (Å²) in [6.07, 6.45) is 1.11. The molecule has 0 aliphatic carbocycles. The van der Waals surface area contributed by atoms with Gasteiger partial charge in [0.05, 0.1) is 25.3 Å². The van der Waals surface area contributed by atoms with E-state index in [1.165, 1.54) is 10.9 Å². The zero-order valence-electron chi connectivity index (χ0n) is 11.9. The van der Waals surface area contributed by atoms with Crippen LogP contribution < -0.4 is 0 Å². The molecule has 4 heteroatoms. The molecule has 1 aromatic heterocycles. The Labute approximate surface area is 118 Å². The molecule has 1 N–H and O–H groups in total. The number of H-pyrrole nitrogens is 1. The van der Waals surface area contributed by atoms with E-state index in [-0.39, 0.29) is 12.4 Å². The normalized spacial score (nSPS) is 21.7. The Balaban J connectivity index is 2.02. The van der Waals surface area contributed by atoms with Gasteiger partial charge in [-0.3, -0.25) is 4.79 Å². The molecule has 106 valence electrons. The van der Waals surface area contributed by atoms with Crippen molar-refractivity contribution in [3.8, 4) is 0 Å². The van der Waals surface area contributed by atoms with Crippen LogP contribution in [0.2, 0.25) is 0 Å². The Hall–Kier alpha value is -1.81. The van der Waals surface area contributed by atoms with Crippen molar-refractivity contribution in [2.24, 2.45) is 0 Å². The summed E-state index contributed by atoms with van der Waals surface area (Å²) in [7, 11) is 0. The Morgan fingerprint density at radius 2 is 2.25 bits per heavy atom. The maximum atomic E-state index is 11.8. The zero-order chi connectivity index (χ0) is 14.2. The van der Waals surface area contributed by atoms with Crippen LogP contribution in [0.3, 0.4) is 0 Å². The van der Waals surface area contributed by atoms with Crippen LogP contribution in [0.1, 0.15) is 31.5 Å². The fraction of sp³-hybridized carbons (Fsp3) is 0.438. The lowest BCUT2D eigenvalue weighted by molar-refractivity contribution is -0.152. The molecular weight excluding hydrogens is 254 g/mol. The van der Waals surface area contributed by atoms with Crippen molar-refractivity contribution in [1.82, 2.24) is 4.98 Å². The van der Waals surface area contributed by atoms with Crippen LogP contribution in [0.5, 0.6) is 0 Å². The summed E-state index contributed by atoms with van der Waals surface area (Å²) >= 11 is 0. The van der Waals surface area contributed by atoms with Gasteiger partial charge in [0, 0.05) is 10.9 Å². The maximum absolute atomic E-state index is 11.8. The molecule has 0 spiro atoms. The molecular formula is C16H19NO3. The molecule has 1 unspecified atom stereocenters. The SMILES string of the molecule is CCOC(=O)CC1(C)OCCc2c1[nH]c1ccccc21. The smallest absolute Gasteiger partial charge is 0.309 e. The molecule has 1 aliphatic heterocycles. The van der Waals surface area contributed by atoms with E-state index in [0.717, 1.165) is 17.6 Å². The maximum Gasteiger partial charge on any atom is 0.309 e. The number of rotatable bonds is 3. The van der Waals surface area contributed by atoms with Gasteiger partial charge >= 0.3 is 5.97 Å². The van der Waals surface area contributed by atoms with E-state index in [4.69, 9.17) is 9.47 Å². The first kappa shape index (κ1) is 13.2. The average molecular weight is 273 g/mol. The van der Waals surface area contributed by atoms with Crippen molar-refractivity contribution < 1.29 is 14.3 Å². The van der Waals surface area contributed by atoms with E-state index in [1.54, 1.807) is 0 Å². The molecule has 1 aromatic carbocycles. The molecule has 4 nitrogen and oxygen atoms in total. The van der Waals surface area contributed by atoms with E-state index in [2.05, 4.69) is 17.1 Å². The minimum absolute atomic E-state index is 0.221. The number of nitrogens with one attached hydrogen (secondary N) is 1. The highest BCUT2D eigenvalue weighted by atomic mass is 16.5. The monoisotopic (exact) mass is 273 g/mol. The van der Waals surface area contributed by atoms with Crippen LogP contribution in [0.25, 0.3) is 10.9 Å². The summed E-state index contributed by atoms with van der Waals surface area (Å²) in [5, 5.41) is 1.22. The standard InChI is InChI=1S/C16H19NO3/c1-3-19-14(18)10-16(2)15-12(8-9-20-16)11-6-4-5-7-13(11)17-15/h4-7,17H,3,8-10H2,1-2H3. The van der Waals surface area contributed by atoms with Crippen LogP contribution in [0, 0.1) is 0 Å². The minimum Gasteiger partial charge on any atom is -0.466 e. The number of hydrogen-bond donors (Lipinski definition) is 1. The molecule has 0 radical (unpaired) electrons. The van der Waals surface area contributed by atoms with Crippen LogP contribution in [-0.4, -0.2) is 24.2 Å². The fourth-order valence-electron chi connectivity index (χ4n) is 2.99. The van der Waals surface area contributed by atoms with E-state index in [0.29, 0.717) is 13.2 Å². The van der Waals surface area contributed by atoms with Crippen molar-refractivity contribution in [1.29, 1.82) is 0 Å². The van der Waals surface area contributed by atoms with E-state index in [9.17, 15) is 4.79 Å². The van der Waals surface area contributed by atoms with Crippen LogP contribution in [-0.2, 0) is 26.3 Å². The number of para-hydroxylation sites is 1. The molecule has 1 atom stereocenters. The molecule has 0 fully saturated rings. The third kappa shape index (κ3) is 2.10. The van der Waals surface area contributed by atoms with E-state index >= 15 is 0 Å². The second-order valence-corrected chi connectivity index (χ2v) is 5.34. The molecule has 0 saturated carbocycles. The van der Waals surface area contributed by atoms with Gasteiger partial charge in [0.25, 0.3) is 0 Å². The van der Waals surface area contributed by atoms with Crippen LogP contribution in [0.4, 0.5) is 0 Å². The summed E-state index contributed by atoms with van der Waals surface area (Å²) in [6.45, 7) is 4.80. The van der Waals surface area contributed by atoms with Crippen molar-refractivity contribution in [3.63, 3.8) is 0 Å². The Kier molecular flexibility index (Phi) is 3.26. The predicted octanol–water partition coefficient (Wildman–Crippen LogP) is 2.91. The number of esters is 1. The largest absolute Gasteiger partial charge is 0.466 e. The lowest BCUT2D eigenvalue weighted by Crippen LogP contribution is -2.35. The lowest BCUT2D eigenvalue weighted by atomic mass is 9.90. The summed E-state index contributed by atoms with van der Waals surface area (Å²) in [6, 6.07) is 8.21. The van der Waals surface area contributed by atoms with Crippen molar-refractivity contribution in [3.05, 3.63) is 35.5 Å². The van der Waals surface area contributed by atoms with E-state index in [1.807, 2.05) is 26.0 Å². The predicted molar refractivity (Wildman–Crippen MR) is 76.6 cm³/mol. The van der Waals surface area contributed by atoms with Crippen LogP contribution in [0.15, 0.2) is 24.3 Å². The zero-order valence-corrected chi connectivity index (χ0v) is 11.9. The highest BCUT2D eigenvalue weighted by Gasteiger charge is 2.38. The first-order valence-corrected chi connectivity index (χ1v) is 7.03. The number of benzene rings is 1. The van der Waals surface area contributed by atoms with Crippen molar-refractivity contribution >= 4 is 16.9 Å². The number of aromatic amines is 1. The number of ether oxygens (including phenoxy) is 2. The number of carbonyl (C=O) groups is 1. The van der Waals surface area contributed by atoms with Crippen molar-refractivity contribution in [2.45, 2.75) is 32.3 Å². The van der Waals surface area contributed by atoms with Gasteiger partial charge in [0.1, 0.15) is 5.60 Å². The Morgan fingerprint density at radius 1 is 1.45 bits per heavy atom. The molecule has 2 heterocycles. The van der Waals surface area contributed by atoms with Crippen LogP contribution >= 0.6 is 0 Å². The summed E-state index contributed by atoms with van der Waals surface area (Å²) < 4.78 is 11.0. The molecule has 2 aromatic rings. The molecule has 0 bridgehead atoms. The number of carbonyl (C=O) groups excluding carboxylic acids is 1. The highest BCUT2D eigenvalue weighted by molar-refractivity contribution is 5.85. The van der Waals surface area contributed by atoms with Gasteiger partial charge in [0.15, 0.2) is 0 Å². The summed E-state index contributed by atoms with van der Waals surface area (Å²) in [5.74, 6) is -0.221. The second-order valence-electron chi connectivity index (χ2n) is 5.34. The first-order valence-electron chi connectivity index (χ1n) is 7.03. The summed E-state index contributed by atoms with van der Waals surface area (Å²) in [4.78, 5) is 15.2. The van der Waals surface area contributed by atoms with Gasteiger partial charge in [0.2, 0.25) is 0 Å². The molecule has 0 amide bonds. The van der Waals surface area contributed by atoms with Gasteiger partial charge in [-0.05, 0) is 31.9 Å². The quantitative estimate of drug-likeness (QED) is 0.875. The fourth-order valence-corrected chi connectivity index (χ4v) is 2.99. The van der Waals surface area contributed by atoms with Gasteiger partial charge in [-0.2, -0.15) is 0 Å². The Bertz CT molecular complexity index is 646. The highest BCUT2D eigenvalue weighted by Crippen LogP contribution is 2.39. The lowest BCUT2D eigenvalue weighted by Gasteiger charge is -2.33. The third-order valence-corrected chi connectivity index (χ3v) is 3.90. The molecule has 1 aliphatic rings. The van der Waals surface area contributed by atoms with Gasteiger partial charge in [-0.15, -0.1) is 0 Å². The average Bonchev–Trinajstić information content (AvgIpc) is 2.79. The van der Waals surface area contributed by atoms with Crippen molar-refractivity contribution in [2.75, 3.05) is 13.2 Å². The molecule has 3 rings (SSSR count). The number of fused-ring (bicyclic) bond motifs is 3. The van der Waals surface area contributed by atoms with E-state index < -0.39 is 5.60 Å². The van der Waals surface area contributed by atoms with Gasteiger partial charge in [-0.25, -0.2) is 0 Å². The minimum atomic E-state index is -0.626. The number of hydrogen-bond acceptors (Lipinski definition) is 3. The molecule has 0 saturated heterocycles. The van der Waals surface area contributed by atoms with Gasteiger partial charge in [-0.1, -0.05) is 18.2 Å². The Morgan fingerprint density at radius 3 is 3.05 bits per heavy atom. The second kappa shape index (κ2) is 4.94. The summed E-state index contributed by atoms with van der Waals surface area (Å²) in [5.41, 5.74) is 2.74. The van der Waals surface area contributed by atoms with Gasteiger partial charge < -0.3 is 14.5 Å².